The molecule has 0 aromatic heterocycles. The highest BCUT2D eigenvalue weighted by Gasteiger charge is 2.19. The topological polar surface area (TPSA) is 37.4 Å². The normalized spacial score (nSPS) is 18.0. The molecule has 0 unspecified atom stereocenters. The SMILES string of the molecule is O=c1cc(N2CCCC2)c1=O. The summed E-state index contributed by atoms with van der Waals surface area (Å²) in [5.41, 5.74) is -0.00806. The van der Waals surface area contributed by atoms with E-state index in [-0.39, 0.29) is 10.9 Å². The molecule has 0 saturated carbocycles. The summed E-state index contributed by atoms with van der Waals surface area (Å²) in [4.78, 5) is 23.4. The first kappa shape index (κ1) is 6.58. The van der Waals surface area contributed by atoms with Crippen molar-refractivity contribution in [1.29, 1.82) is 0 Å². The van der Waals surface area contributed by atoms with Gasteiger partial charge in [0.1, 0.15) is 0 Å². The Hall–Kier alpha value is -1.12. The van der Waals surface area contributed by atoms with Crippen LogP contribution >= 0.6 is 0 Å². The van der Waals surface area contributed by atoms with E-state index in [9.17, 15) is 9.59 Å². The van der Waals surface area contributed by atoms with Crippen LogP contribution in [-0.2, 0) is 0 Å². The molecule has 58 valence electrons. The molecule has 1 heterocycles. The molecule has 1 aliphatic rings. The maximum Gasteiger partial charge on any atom is 0.249 e. The second-order valence-electron chi connectivity index (χ2n) is 2.92. The molecule has 11 heavy (non-hydrogen) atoms. The van der Waals surface area contributed by atoms with Gasteiger partial charge in [-0.3, -0.25) is 9.59 Å². The molecule has 2 rings (SSSR count). The Bertz CT molecular complexity index is 329. The highest BCUT2D eigenvalue weighted by Crippen LogP contribution is 2.14. The lowest BCUT2D eigenvalue weighted by atomic mass is 10.2. The summed E-state index contributed by atoms with van der Waals surface area (Å²) in [5, 5.41) is 0. The van der Waals surface area contributed by atoms with Gasteiger partial charge >= 0.3 is 0 Å². The van der Waals surface area contributed by atoms with E-state index in [4.69, 9.17) is 0 Å². The molecule has 1 saturated heterocycles. The molecule has 0 spiro atoms. The molecule has 0 amide bonds. The van der Waals surface area contributed by atoms with Gasteiger partial charge in [-0.15, -0.1) is 0 Å². The van der Waals surface area contributed by atoms with E-state index < -0.39 is 0 Å². The van der Waals surface area contributed by atoms with Crippen LogP contribution in [0.5, 0.6) is 0 Å². The third-order valence-corrected chi connectivity index (χ3v) is 2.17. The van der Waals surface area contributed by atoms with Gasteiger partial charge < -0.3 is 4.90 Å². The Morgan fingerprint density at radius 2 is 1.82 bits per heavy atom. The number of hydrogen-bond donors (Lipinski definition) is 0. The standard InChI is InChI=1S/C8H9NO2/c10-7-5-6(8(7)11)9-3-1-2-4-9/h5H,1-4H2. The summed E-state index contributed by atoms with van der Waals surface area (Å²) in [7, 11) is 0. The summed E-state index contributed by atoms with van der Waals surface area (Å²) in [6, 6.07) is 1.44. The molecule has 0 radical (unpaired) electrons. The fourth-order valence-corrected chi connectivity index (χ4v) is 1.50. The zero-order valence-corrected chi connectivity index (χ0v) is 6.17. The van der Waals surface area contributed by atoms with Crippen LogP contribution in [-0.4, -0.2) is 13.1 Å². The van der Waals surface area contributed by atoms with Crippen molar-refractivity contribution in [2.75, 3.05) is 18.0 Å². The molecule has 1 aliphatic heterocycles. The van der Waals surface area contributed by atoms with E-state index in [2.05, 4.69) is 0 Å². The third-order valence-electron chi connectivity index (χ3n) is 2.17. The van der Waals surface area contributed by atoms with Gasteiger partial charge in [-0.25, -0.2) is 0 Å². The van der Waals surface area contributed by atoms with Gasteiger partial charge in [-0.05, 0) is 12.8 Å². The molecular formula is C8H9NO2. The molecule has 3 heteroatoms. The number of rotatable bonds is 1. The van der Waals surface area contributed by atoms with Crippen molar-refractivity contribution in [1.82, 2.24) is 0 Å². The van der Waals surface area contributed by atoms with Crippen molar-refractivity contribution < 1.29 is 0 Å². The molecule has 3 nitrogen and oxygen atoms in total. The third kappa shape index (κ3) is 0.878. The highest BCUT2D eigenvalue weighted by atomic mass is 16.2. The molecule has 0 bridgehead atoms. The van der Waals surface area contributed by atoms with Crippen molar-refractivity contribution >= 4 is 5.69 Å². The predicted molar refractivity (Wildman–Crippen MR) is 42.8 cm³/mol. The Labute approximate surface area is 63.9 Å². The average Bonchev–Trinajstić information content (AvgIpc) is 2.51. The first-order chi connectivity index (χ1) is 5.29. The van der Waals surface area contributed by atoms with Gasteiger partial charge in [-0.2, -0.15) is 0 Å². The zero-order chi connectivity index (χ0) is 7.84. The molecule has 1 aromatic carbocycles. The van der Waals surface area contributed by atoms with E-state index in [1.165, 1.54) is 6.07 Å². The average molecular weight is 151 g/mol. The van der Waals surface area contributed by atoms with Crippen molar-refractivity contribution in [3.05, 3.63) is 26.5 Å². The number of anilines is 1. The summed E-state index contributed by atoms with van der Waals surface area (Å²) >= 11 is 0. The van der Waals surface area contributed by atoms with Crippen LogP contribution in [0.2, 0.25) is 0 Å². The maximum absolute atomic E-state index is 10.9. The number of hydrogen-bond acceptors (Lipinski definition) is 3. The van der Waals surface area contributed by atoms with E-state index >= 15 is 0 Å². The molecular weight excluding hydrogens is 142 g/mol. The van der Waals surface area contributed by atoms with Gasteiger partial charge in [0.15, 0.2) is 0 Å². The Morgan fingerprint density at radius 1 is 1.18 bits per heavy atom. The Morgan fingerprint density at radius 3 is 2.27 bits per heavy atom. The molecule has 0 aliphatic carbocycles. The first-order valence-corrected chi connectivity index (χ1v) is 3.84. The lowest BCUT2D eigenvalue weighted by Crippen LogP contribution is -2.37. The van der Waals surface area contributed by atoms with Gasteiger partial charge in [0.25, 0.3) is 0 Å². The van der Waals surface area contributed by atoms with Crippen LogP contribution in [0.4, 0.5) is 5.69 Å². The van der Waals surface area contributed by atoms with Crippen LogP contribution < -0.4 is 15.8 Å². The van der Waals surface area contributed by atoms with Crippen molar-refractivity contribution in [3.8, 4) is 0 Å². The minimum atomic E-state index is -0.341. The van der Waals surface area contributed by atoms with Gasteiger partial charge in [-0.1, -0.05) is 0 Å². The minimum Gasteiger partial charge on any atom is -0.368 e. The number of nitrogens with zero attached hydrogens (tertiary/aromatic N) is 1. The fourth-order valence-electron chi connectivity index (χ4n) is 1.50. The van der Waals surface area contributed by atoms with Crippen LogP contribution in [0.3, 0.4) is 0 Å². The van der Waals surface area contributed by atoms with Gasteiger partial charge in [0.05, 0.1) is 5.69 Å². The Kier molecular flexibility index (Phi) is 1.31. The van der Waals surface area contributed by atoms with Gasteiger partial charge in [0.2, 0.25) is 10.9 Å². The van der Waals surface area contributed by atoms with Crippen LogP contribution in [0, 0.1) is 0 Å². The lowest BCUT2D eigenvalue weighted by Gasteiger charge is -2.16. The molecule has 0 N–H and O–H groups in total. The molecule has 1 fully saturated rings. The van der Waals surface area contributed by atoms with Crippen LogP contribution in [0.1, 0.15) is 12.8 Å². The second-order valence-corrected chi connectivity index (χ2v) is 2.92. The molecule has 0 atom stereocenters. The monoisotopic (exact) mass is 151 g/mol. The predicted octanol–water partition coefficient (Wildman–Crippen LogP) is -0.117. The summed E-state index contributed by atoms with van der Waals surface area (Å²) in [6.45, 7) is 1.87. The maximum atomic E-state index is 10.9. The lowest BCUT2D eigenvalue weighted by molar-refractivity contribution is 0.949. The fraction of sp³-hybridized carbons (Fsp3) is 0.500. The van der Waals surface area contributed by atoms with E-state index in [0.717, 1.165) is 25.9 Å². The van der Waals surface area contributed by atoms with Crippen molar-refractivity contribution in [3.63, 3.8) is 0 Å². The summed E-state index contributed by atoms with van der Waals surface area (Å²) in [6.07, 6.45) is 2.28. The quantitative estimate of drug-likeness (QED) is 0.525. The van der Waals surface area contributed by atoms with Gasteiger partial charge in [0, 0.05) is 19.2 Å². The van der Waals surface area contributed by atoms with E-state index in [0.29, 0.717) is 5.69 Å². The second kappa shape index (κ2) is 2.19. The van der Waals surface area contributed by atoms with E-state index in [1.807, 2.05) is 4.90 Å². The Balaban J connectivity index is 2.25. The van der Waals surface area contributed by atoms with E-state index in [1.54, 1.807) is 0 Å². The summed E-state index contributed by atoms with van der Waals surface area (Å²) in [5.74, 6) is 0. The van der Waals surface area contributed by atoms with Crippen LogP contribution in [0.25, 0.3) is 0 Å². The summed E-state index contributed by atoms with van der Waals surface area (Å²) < 4.78 is 0. The minimum absolute atomic E-state index is 0.299. The van der Waals surface area contributed by atoms with Crippen molar-refractivity contribution in [2.24, 2.45) is 0 Å². The highest BCUT2D eigenvalue weighted by molar-refractivity contribution is 5.50. The zero-order valence-electron chi connectivity index (χ0n) is 6.17. The molecule has 1 aromatic rings. The van der Waals surface area contributed by atoms with Crippen LogP contribution in [0.15, 0.2) is 15.7 Å². The van der Waals surface area contributed by atoms with Crippen molar-refractivity contribution in [2.45, 2.75) is 12.8 Å². The smallest absolute Gasteiger partial charge is 0.249 e. The largest absolute Gasteiger partial charge is 0.368 e. The first-order valence-electron chi connectivity index (χ1n) is 3.84.